The molecule has 0 bridgehead atoms. The van der Waals surface area contributed by atoms with Crippen LogP contribution >= 0.6 is 0 Å². The van der Waals surface area contributed by atoms with Crippen LogP contribution in [-0.2, 0) is 6.54 Å². The Labute approximate surface area is 168 Å². The van der Waals surface area contributed by atoms with E-state index in [0.717, 1.165) is 50.4 Å². The highest BCUT2D eigenvalue weighted by molar-refractivity contribution is 5.33. The molecule has 0 atom stereocenters. The van der Waals surface area contributed by atoms with E-state index in [1.807, 2.05) is 42.5 Å². The minimum atomic E-state index is -0.0376. The number of rotatable bonds is 10. The van der Waals surface area contributed by atoms with Crippen LogP contribution in [-0.4, -0.2) is 42.9 Å². The number of ether oxygens (including phenoxy) is 2. The average molecular weight is 382 g/mol. The standard InChI is InChI=1S/C24H31NO3/c1-2-17-28-23-11-7-6-8-21(23)19-25-15-12-24(20-26,13-16-25)14-18-27-22-9-4-3-5-10-22/h2-11,26H,1,12-20H2. The molecule has 1 aliphatic rings. The fourth-order valence-corrected chi connectivity index (χ4v) is 3.74. The van der Waals surface area contributed by atoms with Crippen LogP contribution in [0.5, 0.6) is 11.5 Å². The van der Waals surface area contributed by atoms with Crippen LogP contribution in [0.2, 0.25) is 0 Å². The second kappa shape index (κ2) is 10.3. The highest BCUT2D eigenvalue weighted by atomic mass is 16.5. The Balaban J connectivity index is 1.50. The maximum Gasteiger partial charge on any atom is 0.124 e. The third-order valence-electron chi connectivity index (χ3n) is 5.62. The van der Waals surface area contributed by atoms with Gasteiger partial charge in [0.1, 0.15) is 18.1 Å². The molecule has 0 unspecified atom stereocenters. The lowest BCUT2D eigenvalue weighted by molar-refractivity contribution is 0.0241. The third-order valence-corrected chi connectivity index (χ3v) is 5.62. The van der Waals surface area contributed by atoms with Crippen molar-refractivity contribution in [3.05, 3.63) is 72.8 Å². The molecule has 2 aromatic rings. The van der Waals surface area contributed by atoms with Crippen molar-refractivity contribution in [2.45, 2.75) is 25.8 Å². The number of likely N-dealkylation sites (tertiary alicyclic amines) is 1. The van der Waals surface area contributed by atoms with Gasteiger partial charge in [0.25, 0.3) is 0 Å². The molecule has 4 heteroatoms. The quantitative estimate of drug-likeness (QED) is 0.623. The number of piperidine rings is 1. The number of benzene rings is 2. The highest BCUT2D eigenvalue weighted by Crippen LogP contribution is 2.35. The first-order valence-corrected chi connectivity index (χ1v) is 10.1. The summed E-state index contributed by atoms with van der Waals surface area (Å²) >= 11 is 0. The molecule has 4 nitrogen and oxygen atoms in total. The predicted octanol–water partition coefficient (Wildman–Crippen LogP) is 4.30. The fourth-order valence-electron chi connectivity index (χ4n) is 3.74. The van der Waals surface area contributed by atoms with Crippen LogP contribution < -0.4 is 9.47 Å². The third kappa shape index (κ3) is 5.60. The van der Waals surface area contributed by atoms with Gasteiger partial charge in [-0.05, 0) is 56.0 Å². The van der Waals surface area contributed by atoms with Crippen LogP contribution in [0.4, 0.5) is 0 Å². The van der Waals surface area contributed by atoms with Gasteiger partial charge in [0, 0.05) is 18.7 Å². The minimum Gasteiger partial charge on any atom is -0.494 e. The van der Waals surface area contributed by atoms with Crippen molar-refractivity contribution in [3.63, 3.8) is 0 Å². The lowest BCUT2D eigenvalue weighted by Crippen LogP contribution is -2.42. The molecule has 0 aliphatic carbocycles. The van der Waals surface area contributed by atoms with Gasteiger partial charge in [0.05, 0.1) is 6.61 Å². The molecule has 0 saturated carbocycles. The molecule has 1 N–H and O–H groups in total. The number of aliphatic hydroxyl groups excluding tert-OH is 1. The van der Waals surface area contributed by atoms with Gasteiger partial charge in [0.2, 0.25) is 0 Å². The maximum absolute atomic E-state index is 10.1. The van der Waals surface area contributed by atoms with Crippen molar-refractivity contribution in [2.24, 2.45) is 5.41 Å². The van der Waals surface area contributed by atoms with Crippen molar-refractivity contribution in [1.29, 1.82) is 0 Å². The Kier molecular flexibility index (Phi) is 7.52. The van der Waals surface area contributed by atoms with Crippen LogP contribution in [0.1, 0.15) is 24.8 Å². The van der Waals surface area contributed by atoms with Gasteiger partial charge in [-0.25, -0.2) is 0 Å². The molecule has 28 heavy (non-hydrogen) atoms. The smallest absolute Gasteiger partial charge is 0.124 e. The highest BCUT2D eigenvalue weighted by Gasteiger charge is 2.34. The van der Waals surface area contributed by atoms with Gasteiger partial charge in [-0.15, -0.1) is 0 Å². The fraction of sp³-hybridized carbons (Fsp3) is 0.417. The van der Waals surface area contributed by atoms with Crippen LogP contribution in [0.3, 0.4) is 0 Å². The predicted molar refractivity (Wildman–Crippen MR) is 113 cm³/mol. The molecule has 0 radical (unpaired) electrons. The summed E-state index contributed by atoms with van der Waals surface area (Å²) in [5.41, 5.74) is 1.16. The summed E-state index contributed by atoms with van der Waals surface area (Å²) < 4.78 is 11.6. The number of aliphatic hydroxyl groups is 1. The Bertz CT molecular complexity index is 724. The Morgan fingerprint density at radius 1 is 1.00 bits per heavy atom. The second-order valence-electron chi connectivity index (χ2n) is 7.55. The van der Waals surface area contributed by atoms with Crippen LogP contribution in [0.15, 0.2) is 67.3 Å². The van der Waals surface area contributed by atoms with E-state index in [2.05, 4.69) is 23.6 Å². The summed E-state index contributed by atoms with van der Waals surface area (Å²) in [7, 11) is 0. The van der Waals surface area contributed by atoms with Crippen molar-refractivity contribution in [1.82, 2.24) is 4.90 Å². The van der Waals surface area contributed by atoms with E-state index < -0.39 is 0 Å². The molecule has 150 valence electrons. The van der Waals surface area contributed by atoms with E-state index in [9.17, 15) is 5.11 Å². The first-order valence-electron chi connectivity index (χ1n) is 10.1. The molecule has 1 aliphatic heterocycles. The Morgan fingerprint density at radius 2 is 1.71 bits per heavy atom. The monoisotopic (exact) mass is 381 g/mol. The van der Waals surface area contributed by atoms with Gasteiger partial charge >= 0.3 is 0 Å². The second-order valence-corrected chi connectivity index (χ2v) is 7.55. The molecule has 2 aromatic carbocycles. The van der Waals surface area contributed by atoms with E-state index in [-0.39, 0.29) is 12.0 Å². The van der Waals surface area contributed by atoms with Crippen LogP contribution in [0.25, 0.3) is 0 Å². The molecular formula is C24H31NO3. The van der Waals surface area contributed by atoms with Gasteiger partial charge < -0.3 is 14.6 Å². The number of hydrogen-bond acceptors (Lipinski definition) is 4. The average Bonchev–Trinajstić information content (AvgIpc) is 2.75. The van der Waals surface area contributed by atoms with Gasteiger partial charge in [-0.3, -0.25) is 4.90 Å². The van der Waals surface area contributed by atoms with Crippen molar-refractivity contribution >= 4 is 0 Å². The normalized spacial score (nSPS) is 16.5. The maximum atomic E-state index is 10.1. The Hall–Kier alpha value is -2.30. The number of para-hydroxylation sites is 2. The molecule has 0 aromatic heterocycles. The molecule has 1 saturated heterocycles. The number of hydrogen-bond donors (Lipinski definition) is 1. The van der Waals surface area contributed by atoms with E-state index in [1.165, 1.54) is 5.56 Å². The van der Waals surface area contributed by atoms with Gasteiger partial charge in [-0.2, -0.15) is 0 Å². The van der Waals surface area contributed by atoms with Gasteiger partial charge in [0.15, 0.2) is 0 Å². The zero-order chi connectivity index (χ0) is 19.7. The molecule has 1 fully saturated rings. The lowest BCUT2D eigenvalue weighted by atomic mass is 9.76. The molecule has 0 amide bonds. The van der Waals surface area contributed by atoms with E-state index in [1.54, 1.807) is 6.08 Å². The summed E-state index contributed by atoms with van der Waals surface area (Å²) in [6.45, 7) is 7.92. The summed E-state index contributed by atoms with van der Waals surface area (Å²) in [5.74, 6) is 1.82. The summed E-state index contributed by atoms with van der Waals surface area (Å²) in [5, 5.41) is 10.1. The first kappa shape index (κ1) is 20.4. The summed E-state index contributed by atoms with van der Waals surface area (Å²) in [6.07, 6.45) is 4.62. The van der Waals surface area contributed by atoms with Crippen molar-refractivity contribution in [2.75, 3.05) is 32.9 Å². The van der Waals surface area contributed by atoms with E-state index in [4.69, 9.17) is 9.47 Å². The van der Waals surface area contributed by atoms with Gasteiger partial charge in [-0.1, -0.05) is 49.1 Å². The van der Waals surface area contributed by atoms with Crippen molar-refractivity contribution in [3.8, 4) is 11.5 Å². The van der Waals surface area contributed by atoms with E-state index in [0.29, 0.717) is 13.2 Å². The first-order chi connectivity index (χ1) is 13.7. The summed E-state index contributed by atoms with van der Waals surface area (Å²) in [4.78, 5) is 2.45. The molecule has 1 heterocycles. The number of nitrogens with zero attached hydrogens (tertiary/aromatic N) is 1. The zero-order valence-corrected chi connectivity index (χ0v) is 16.6. The molecule has 0 spiro atoms. The lowest BCUT2D eigenvalue weighted by Gasteiger charge is -2.41. The largest absolute Gasteiger partial charge is 0.494 e. The summed E-state index contributed by atoms with van der Waals surface area (Å²) in [6, 6.07) is 18.1. The Morgan fingerprint density at radius 3 is 2.43 bits per heavy atom. The van der Waals surface area contributed by atoms with Crippen LogP contribution in [0, 0.1) is 5.41 Å². The zero-order valence-electron chi connectivity index (χ0n) is 16.6. The minimum absolute atomic E-state index is 0.0376. The molecule has 3 rings (SSSR count). The SMILES string of the molecule is C=CCOc1ccccc1CN1CCC(CO)(CCOc2ccccc2)CC1. The molecular weight excluding hydrogens is 350 g/mol. The van der Waals surface area contributed by atoms with Crippen molar-refractivity contribution < 1.29 is 14.6 Å². The van der Waals surface area contributed by atoms with E-state index >= 15 is 0 Å². The topological polar surface area (TPSA) is 41.9 Å².